The number of hydrogen-bond acceptors (Lipinski definition) is 6. The Hall–Kier alpha value is -2.87. The molecule has 8 heteroatoms. The number of para-hydroxylation sites is 2. The van der Waals surface area contributed by atoms with Gasteiger partial charge in [-0.25, -0.2) is 0 Å². The Bertz CT molecular complexity index is 882. The van der Waals surface area contributed by atoms with Gasteiger partial charge in [-0.3, -0.25) is 9.78 Å². The van der Waals surface area contributed by atoms with Gasteiger partial charge in [-0.05, 0) is 31.2 Å². The number of thioether (sulfide) groups is 1. The maximum atomic E-state index is 12.3. The van der Waals surface area contributed by atoms with Gasteiger partial charge in [0.25, 0.3) is 0 Å². The Balaban J connectivity index is 1.63. The Morgan fingerprint density at radius 3 is 2.85 bits per heavy atom. The van der Waals surface area contributed by atoms with Gasteiger partial charge in [0.1, 0.15) is 5.75 Å². The molecule has 7 nitrogen and oxygen atoms in total. The van der Waals surface area contributed by atoms with Crippen molar-refractivity contribution in [3.8, 4) is 17.1 Å². The van der Waals surface area contributed by atoms with Crippen molar-refractivity contribution in [2.24, 2.45) is 7.05 Å². The second kappa shape index (κ2) is 8.48. The van der Waals surface area contributed by atoms with E-state index >= 15 is 0 Å². The number of carbonyl (C=O) groups excluding carboxylic acids is 1. The molecule has 0 bridgehead atoms. The van der Waals surface area contributed by atoms with Gasteiger partial charge in [-0.2, -0.15) is 0 Å². The highest BCUT2D eigenvalue weighted by atomic mass is 32.2. The molecule has 3 aromatic rings. The van der Waals surface area contributed by atoms with Gasteiger partial charge in [-0.15, -0.1) is 10.2 Å². The Morgan fingerprint density at radius 1 is 1.23 bits per heavy atom. The van der Waals surface area contributed by atoms with E-state index in [9.17, 15) is 4.79 Å². The smallest absolute Gasteiger partial charge is 0.234 e. The van der Waals surface area contributed by atoms with Crippen molar-refractivity contribution in [1.82, 2.24) is 19.7 Å². The second-order valence-electron chi connectivity index (χ2n) is 5.37. The van der Waals surface area contributed by atoms with Crippen LogP contribution in [0.25, 0.3) is 11.4 Å². The predicted octanol–water partition coefficient (Wildman–Crippen LogP) is 3.01. The third kappa shape index (κ3) is 4.20. The number of anilines is 1. The molecule has 3 rings (SSSR count). The van der Waals surface area contributed by atoms with E-state index in [0.29, 0.717) is 29.0 Å². The molecule has 1 amide bonds. The fraction of sp³-hybridized carbons (Fsp3) is 0.222. The summed E-state index contributed by atoms with van der Waals surface area (Å²) in [6, 6.07) is 11.1. The Labute approximate surface area is 155 Å². The van der Waals surface area contributed by atoms with Crippen LogP contribution < -0.4 is 10.1 Å². The summed E-state index contributed by atoms with van der Waals surface area (Å²) in [6.07, 6.45) is 3.44. The molecular formula is C18H19N5O2S. The zero-order valence-corrected chi connectivity index (χ0v) is 15.4. The first-order valence-electron chi connectivity index (χ1n) is 8.13. The van der Waals surface area contributed by atoms with E-state index in [1.165, 1.54) is 11.8 Å². The van der Waals surface area contributed by atoms with Crippen molar-refractivity contribution < 1.29 is 9.53 Å². The standard InChI is InChI=1S/C18H19N5O2S/c1-3-25-15-9-5-4-8-14(15)20-16(24)12-26-18-22-21-17(23(18)2)13-7-6-10-19-11-13/h4-11H,3,12H2,1-2H3,(H,20,24). The molecule has 2 heterocycles. The van der Waals surface area contributed by atoms with E-state index in [1.54, 1.807) is 12.4 Å². The minimum atomic E-state index is -0.131. The van der Waals surface area contributed by atoms with Crippen LogP contribution in [0.5, 0.6) is 5.75 Å². The quantitative estimate of drug-likeness (QED) is 0.645. The molecule has 0 aliphatic heterocycles. The highest BCUT2D eigenvalue weighted by Crippen LogP contribution is 2.25. The number of carbonyl (C=O) groups is 1. The molecule has 1 aromatic carbocycles. The molecule has 26 heavy (non-hydrogen) atoms. The summed E-state index contributed by atoms with van der Waals surface area (Å²) in [5, 5.41) is 11.9. The lowest BCUT2D eigenvalue weighted by Crippen LogP contribution is -2.15. The Morgan fingerprint density at radius 2 is 2.08 bits per heavy atom. The van der Waals surface area contributed by atoms with Crippen LogP contribution in [0.2, 0.25) is 0 Å². The number of nitrogens with zero attached hydrogens (tertiary/aromatic N) is 4. The van der Waals surface area contributed by atoms with Crippen LogP contribution in [-0.2, 0) is 11.8 Å². The lowest BCUT2D eigenvalue weighted by atomic mass is 10.3. The number of benzene rings is 1. The molecule has 0 spiro atoms. The van der Waals surface area contributed by atoms with Crippen molar-refractivity contribution >= 4 is 23.4 Å². The summed E-state index contributed by atoms with van der Waals surface area (Å²) in [6.45, 7) is 2.44. The second-order valence-corrected chi connectivity index (χ2v) is 6.32. The number of rotatable bonds is 7. The molecular weight excluding hydrogens is 350 g/mol. The number of hydrogen-bond donors (Lipinski definition) is 1. The molecule has 134 valence electrons. The molecule has 0 atom stereocenters. The summed E-state index contributed by atoms with van der Waals surface area (Å²) in [7, 11) is 1.87. The average Bonchev–Trinajstić information content (AvgIpc) is 3.03. The van der Waals surface area contributed by atoms with Gasteiger partial charge >= 0.3 is 0 Å². The van der Waals surface area contributed by atoms with E-state index in [4.69, 9.17) is 4.74 Å². The van der Waals surface area contributed by atoms with Crippen LogP contribution in [0, 0.1) is 0 Å². The molecule has 0 unspecified atom stereocenters. The third-order valence-electron chi connectivity index (χ3n) is 3.55. The van der Waals surface area contributed by atoms with E-state index in [1.807, 2.05) is 54.9 Å². The topological polar surface area (TPSA) is 81.9 Å². The molecule has 1 N–H and O–H groups in total. The van der Waals surface area contributed by atoms with Gasteiger partial charge in [0.05, 0.1) is 18.0 Å². The summed E-state index contributed by atoms with van der Waals surface area (Å²) in [5.41, 5.74) is 1.54. The van der Waals surface area contributed by atoms with E-state index in [2.05, 4.69) is 20.5 Å². The van der Waals surface area contributed by atoms with Gasteiger partial charge < -0.3 is 14.6 Å². The third-order valence-corrected chi connectivity index (χ3v) is 4.57. The SMILES string of the molecule is CCOc1ccccc1NC(=O)CSc1nnc(-c2cccnc2)n1C. The zero-order chi connectivity index (χ0) is 18.4. The molecule has 2 aromatic heterocycles. The normalized spacial score (nSPS) is 10.5. The summed E-state index contributed by atoms with van der Waals surface area (Å²) in [5.74, 6) is 1.46. The highest BCUT2D eigenvalue weighted by Gasteiger charge is 2.14. The van der Waals surface area contributed by atoms with Gasteiger partial charge in [-0.1, -0.05) is 23.9 Å². The monoisotopic (exact) mass is 369 g/mol. The predicted molar refractivity (Wildman–Crippen MR) is 101 cm³/mol. The van der Waals surface area contributed by atoms with E-state index in [0.717, 1.165) is 5.56 Å². The minimum Gasteiger partial charge on any atom is -0.492 e. The van der Waals surface area contributed by atoms with Crippen LogP contribution in [0.1, 0.15) is 6.92 Å². The zero-order valence-electron chi connectivity index (χ0n) is 14.5. The Kier molecular flexibility index (Phi) is 5.85. The molecule has 0 saturated heterocycles. The highest BCUT2D eigenvalue weighted by molar-refractivity contribution is 7.99. The van der Waals surface area contributed by atoms with Crippen LogP contribution >= 0.6 is 11.8 Å². The van der Waals surface area contributed by atoms with Crippen LogP contribution in [0.15, 0.2) is 53.9 Å². The maximum absolute atomic E-state index is 12.3. The number of ether oxygens (including phenoxy) is 1. The van der Waals surface area contributed by atoms with Crippen molar-refractivity contribution in [3.63, 3.8) is 0 Å². The minimum absolute atomic E-state index is 0.131. The largest absolute Gasteiger partial charge is 0.492 e. The fourth-order valence-corrected chi connectivity index (χ4v) is 3.07. The number of amides is 1. The van der Waals surface area contributed by atoms with Crippen LogP contribution in [0.3, 0.4) is 0 Å². The molecule has 0 saturated carbocycles. The summed E-state index contributed by atoms with van der Waals surface area (Å²) in [4.78, 5) is 16.4. The molecule has 0 aliphatic rings. The first-order valence-corrected chi connectivity index (χ1v) is 9.12. The first kappa shape index (κ1) is 17.9. The maximum Gasteiger partial charge on any atom is 0.234 e. The van der Waals surface area contributed by atoms with Gasteiger partial charge in [0, 0.05) is 25.0 Å². The van der Waals surface area contributed by atoms with Crippen molar-refractivity contribution in [3.05, 3.63) is 48.8 Å². The summed E-state index contributed by atoms with van der Waals surface area (Å²) >= 11 is 1.33. The van der Waals surface area contributed by atoms with E-state index in [-0.39, 0.29) is 11.7 Å². The van der Waals surface area contributed by atoms with Gasteiger partial charge in [0.15, 0.2) is 11.0 Å². The van der Waals surface area contributed by atoms with Crippen molar-refractivity contribution in [2.45, 2.75) is 12.1 Å². The molecule has 0 radical (unpaired) electrons. The molecule has 0 fully saturated rings. The number of aromatic nitrogens is 4. The summed E-state index contributed by atoms with van der Waals surface area (Å²) < 4.78 is 7.37. The number of nitrogens with one attached hydrogen (secondary N) is 1. The fourth-order valence-electron chi connectivity index (χ4n) is 2.35. The lowest BCUT2D eigenvalue weighted by molar-refractivity contribution is -0.113. The van der Waals surface area contributed by atoms with Crippen LogP contribution in [-0.4, -0.2) is 38.0 Å². The average molecular weight is 369 g/mol. The lowest BCUT2D eigenvalue weighted by Gasteiger charge is -2.11. The van der Waals surface area contributed by atoms with Gasteiger partial charge in [0.2, 0.25) is 5.91 Å². The molecule has 0 aliphatic carbocycles. The van der Waals surface area contributed by atoms with E-state index < -0.39 is 0 Å². The number of pyridine rings is 1. The van der Waals surface area contributed by atoms with Crippen LogP contribution in [0.4, 0.5) is 5.69 Å². The first-order chi connectivity index (χ1) is 12.7. The van der Waals surface area contributed by atoms with Crippen molar-refractivity contribution in [2.75, 3.05) is 17.7 Å². The van der Waals surface area contributed by atoms with Crippen molar-refractivity contribution in [1.29, 1.82) is 0 Å².